The van der Waals surface area contributed by atoms with Gasteiger partial charge in [0, 0.05) is 16.1 Å². The van der Waals surface area contributed by atoms with Crippen LogP contribution in [-0.4, -0.2) is 14.6 Å². The molecule has 0 fully saturated rings. The molecule has 3 rings (SSSR count). The number of rotatable bonds is 1. The van der Waals surface area contributed by atoms with Gasteiger partial charge in [0.1, 0.15) is 0 Å². The molecule has 0 saturated carbocycles. The van der Waals surface area contributed by atoms with Crippen molar-refractivity contribution in [3.05, 3.63) is 53.0 Å². The van der Waals surface area contributed by atoms with Crippen molar-refractivity contribution in [2.24, 2.45) is 0 Å². The molecular formula is C12H7BrFN3. The molecule has 1 aromatic carbocycles. The Balaban J connectivity index is 2.14. The second kappa shape index (κ2) is 3.92. The molecule has 17 heavy (non-hydrogen) atoms. The van der Waals surface area contributed by atoms with Crippen molar-refractivity contribution < 1.29 is 4.39 Å². The number of halogens is 2. The minimum Gasteiger partial charge on any atom is -0.234 e. The van der Waals surface area contributed by atoms with E-state index in [0.717, 1.165) is 15.7 Å². The normalized spacial score (nSPS) is 10.9. The zero-order valence-corrected chi connectivity index (χ0v) is 10.2. The molecule has 0 aliphatic rings. The fourth-order valence-electron chi connectivity index (χ4n) is 1.62. The predicted octanol–water partition coefficient (Wildman–Crippen LogP) is 3.30. The largest absolute Gasteiger partial charge is 0.234 e. The van der Waals surface area contributed by atoms with E-state index in [2.05, 4.69) is 26.0 Å². The van der Waals surface area contributed by atoms with Crippen molar-refractivity contribution in [3.8, 4) is 11.3 Å². The van der Waals surface area contributed by atoms with Crippen LogP contribution in [0.2, 0.25) is 0 Å². The van der Waals surface area contributed by atoms with Crippen LogP contribution in [0.1, 0.15) is 0 Å². The summed E-state index contributed by atoms with van der Waals surface area (Å²) < 4.78 is 15.4. The van der Waals surface area contributed by atoms with E-state index >= 15 is 0 Å². The highest BCUT2D eigenvalue weighted by Crippen LogP contribution is 2.21. The van der Waals surface area contributed by atoms with E-state index in [1.54, 1.807) is 0 Å². The molecule has 0 aliphatic carbocycles. The molecule has 2 aromatic heterocycles. The van der Waals surface area contributed by atoms with Gasteiger partial charge in [0.05, 0.1) is 18.1 Å². The molecule has 0 atom stereocenters. The Morgan fingerprint density at radius 1 is 1.18 bits per heavy atom. The molecule has 2 heterocycles. The lowest BCUT2D eigenvalue weighted by Crippen LogP contribution is -1.91. The molecule has 0 amide bonds. The van der Waals surface area contributed by atoms with Crippen molar-refractivity contribution in [1.82, 2.24) is 14.6 Å². The summed E-state index contributed by atoms with van der Waals surface area (Å²) >= 11 is 3.37. The first kappa shape index (κ1) is 10.4. The molecule has 0 N–H and O–H groups in total. The third-order valence-corrected chi connectivity index (χ3v) is 2.95. The lowest BCUT2D eigenvalue weighted by Gasteiger charge is -1.95. The van der Waals surface area contributed by atoms with Crippen LogP contribution in [0.15, 0.2) is 47.2 Å². The summed E-state index contributed by atoms with van der Waals surface area (Å²) in [6, 6.07) is 9.59. The van der Waals surface area contributed by atoms with Gasteiger partial charge in [-0.15, -0.1) is 0 Å². The van der Waals surface area contributed by atoms with E-state index in [0.29, 0.717) is 5.65 Å². The van der Waals surface area contributed by atoms with Crippen LogP contribution >= 0.6 is 15.9 Å². The second-order valence-electron chi connectivity index (χ2n) is 3.61. The average molecular weight is 292 g/mol. The Morgan fingerprint density at radius 3 is 2.71 bits per heavy atom. The highest BCUT2D eigenvalue weighted by molar-refractivity contribution is 9.10. The van der Waals surface area contributed by atoms with Crippen LogP contribution in [-0.2, 0) is 0 Å². The highest BCUT2D eigenvalue weighted by atomic mass is 79.9. The number of benzene rings is 1. The van der Waals surface area contributed by atoms with E-state index in [4.69, 9.17) is 0 Å². The maximum Gasteiger partial charge on any atom is 0.159 e. The van der Waals surface area contributed by atoms with Crippen LogP contribution in [0.4, 0.5) is 4.39 Å². The second-order valence-corrected chi connectivity index (χ2v) is 4.53. The molecule has 0 bridgehead atoms. The van der Waals surface area contributed by atoms with Crippen molar-refractivity contribution in [2.45, 2.75) is 0 Å². The van der Waals surface area contributed by atoms with Gasteiger partial charge in [0.2, 0.25) is 0 Å². The van der Waals surface area contributed by atoms with E-state index in [-0.39, 0.29) is 0 Å². The summed E-state index contributed by atoms with van der Waals surface area (Å²) in [6.45, 7) is 0. The monoisotopic (exact) mass is 291 g/mol. The van der Waals surface area contributed by atoms with Crippen molar-refractivity contribution >= 4 is 21.6 Å². The first-order chi connectivity index (χ1) is 8.22. The number of hydrogen-bond acceptors (Lipinski definition) is 2. The summed E-state index contributed by atoms with van der Waals surface area (Å²) in [7, 11) is 0. The molecule has 84 valence electrons. The van der Waals surface area contributed by atoms with Gasteiger partial charge in [0.15, 0.2) is 11.5 Å². The van der Waals surface area contributed by atoms with Crippen LogP contribution < -0.4 is 0 Å². The number of hydrogen-bond donors (Lipinski definition) is 0. The summed E-state index contributed by atoms with van der Waals surface area (Å²) in [5.41, 5.74) is 2.37. The molecule has 0 radical (unpaired) electrons. The first-order valence-corrected chi connectivity index (χ1v) is 5.78. The molecule has 3 nitrogen and oxygen atoms in total. The Kier molecular flexibility index (Phi) is 2.40. The molecule has 0 unspecified atom stereocenters. The van der Waals surface area contributed by atoms with E-state index in [1.807, 2.05) is 30.3 Å². The van der Waals surface area contributed by atoms with Gasteiger partial charge in [0.25, 0.3) is 0 Å². The summed E-state index contributed by atoms with van der Waals surface area (Å²) in [5, 5.41) is 4.27. The predicted molar refractivity (Wildman–Crippen MR) is 66.1 cm³/mol. The first-order valence-electron chi connectivity index (χ1n) is 4.99. The zero-order chi connectivity index (χ0) is 11.8. The van der Waals surface area contributed by atoms with Gasteiger partial charge >= 0.3 is 0 Å². The molecule has 3 aromatic rings. The van der Waals surface area contributed by atoms with Crippen LogP contribution in [0, 0.1) is 5.82 Å². The highest BCUT2D eigenvalue weighted by Gasteiger charge is 2.05. The number of nitrogens with zero attached hydrogens (tertiary/aromatic N) is 3. The average Bonchev–Trinajstić information content (AvgIpc) is 2.72. The number of fused-ring (bicyclic) bond motifs is 1. The van der Waals surface area contributed by atoms with Gasteiger partial charge in [-0.1, -0.05) is 28.1 Å². The smallest absolute Gasteiger partial charge is 0.159 e. The van der Waals surface area contributed by atoms with Gasteiger partial charge in [-0.3, -0.25) is 0 Å². The van der Waals surface area contributed by atoms with E-state index in [9.17, 15) is 4.39 Å². The topological polar surface area (TPSA) is 30.2 Å². The molecule has 0 aliphatic heterocycles. The minimum atomic E-state index is -0.400. The quantitative estimate of drug-likeness (QED) is 0.689. The van der Waals surface area contributed by atoms with E-state index < -0.39 is 5.82 Å². The molecule has 0 spiro atoms. The van der Waals surface area contributed by atoms with Crippen molar-refractivity contribution in [1.29, 1.82) is 0 Å². The van der Waals surface area contributed by atoms with E-state index in [1.165, 1.54) is 16.9 Å². The molecular weight excluding hydrogens is 285 g/mol. The van der Waals surface area contributed by atoms with Crippen LogP contribution in [0.3, 0.4) is 0 Å². The minimum absolute atomic E-state index is 0.400. The fourth-order valence-corrected chi connectivity index (χ4v) is 1.88. The Morgan fingerprint density at radius 2 is 1.94 bits per heavy atom. The summed E-state index contributed by atoms with van der Waals surface area (Å²) in [5.74, 6) is -0.400. The van der Waals surface area contributed by atoms with Crippen LogP contribution in [0.5, 0.6) is 0 Å². The summed E-state index contributed by atoms with van der Waals surface area (Å²) in [6.07, 6.45) is 2.49. The lowest BCUT2D eigenvalue weighted by molar-refractivity contribution is 0.607. The van der Waals surface area contributed by atoms with Crippen molar-refractivity contribution in [2.75, 3.05) is 0 Å². The lowest BCUT2D eigenvalue weighted by atomic mass is 10.2. The SMILES string of the molecule is Fc1cnc2cc(-c3ccc(Br)cc3)nn2c1. The maximum atomic E-state index is 13.0. The summed E-state index contributed by atoms with van der Waals surface area (Å²) in [4.78, 5) is 3.96. The molecule has 0 saturated heterocycles. The standard InChI is InChI=1S/C12H7BrFN3/c13-9-3-1-8(2-4-9)11-5-12-15-6-10(14)7-17(12)16-11/h1-7H. The van der Waals surface area contributed by atoms with Gasteiger partial charge in [-0.2, -0.15) is 5.10 Å². The zero-order valence-electron chi connectivity index (χ0n) is 8.64. The third-order valence-electron chi connectivity index (χ3n) is 2.42. The van der Waals surface area contributed by atoms with Gasteiger partial charge in [-0.05, 0) is 12.1 Å². The van der Waals surface area contributed by atoms with Gasteiger partial charge in [-0.25, -0.2) is 13.9 Å². The Bertz CT molecular complexity index is 676. The number of aromatic nitrogens is 3. The maximum absolute atomic E-state index is 13.0. The fraction of sp³-hybridized carbons (Fsp3) is 0. The van der Waals surface area contributed by atoms with Crippen LogP contribution in [0.25, 0.3) is 16.9 Å². The Labute approximate surface area is 105 Å². The van der Waals surface area contributed by atoms with Gasteiger partial charge < -0.3 is 0 Å². The van der Waals surface area contributed by atoms with Crippen molar-refractivity contribution in [3.63, 3.8) is 0 Å². The molecule has 5 heteroatoms. The Hall–Kier alpha value is -1.75. The third kappa shape index (κ3) is 1.93.